The van der Waals surface area contributed by atoms with E-state index >= 15 is 0 Å². The molecule has 0 saturated heterocycles. The van der Waals surface area contributed by atoms with E-state index < -0.39 is 16.3 Å². The van der Waals surface area contributed by atoms with Crippen molar-refractivity contribution in [1.82, 2.24) is 15.2 Å². The van der Waals surface area contributed by atoms with Gasteiger partial charge in [0.15, 0.2) is 5.65 Å². The van der Waals surface area contributed by atoms with Crippen molar-refractivity contribution in [3.63, 3.8) is 0 Å². The van der Waals surface area contributed by atoms with Gasteiger partial charge >= 0.3 is 5.97 Å². The zero-order valence-electron chi connectivity index (χ0n) is 12.4. The number of aromatic nitrogens is 3. The first-order chi connectivity index (χ1) is 11.5. The molecule has 0 radical (unpaired) electrons. The Labute approximate surface area is 135 Å². The molecule has 0 aliphatic heterocycles. The molecule has 1 aromatic carbocycles. The SMILES string of the molecule is O=C(O)C1(c2cc(-c3ccc([N+](=O)[O-])cc3)c3cn[nH]c3n2)CC1. The summed E-state index contributed by atoms with van der Waals surface area (Å²) in [6, 6.07) is 7.88. The fraction of sp³-hybridized carbons (Fsp3) is 0.188. The van der Waals surface area contributed by atoms with Crippen LogP contribution in [0.3, 0.4) is 0 Å². The molecule has 0 spiro atoms. The molecule has 3 aromatic rings. The second-order valence-corrected chi connectivity index (χ2v) is 5.88. The topological polar surface area (TPSA) is 122 Å². The Morgan fingerprint density at radius 2 is 2.00 bits per heavy atom. The van der Waals surface area contributed by atoms with Gasteiger partial charge in [-0.3, -0.25) is 20.0 Å². The number of carboxylic acids is 1. The number of aromatic amines is 1. The quantitative estimate of drug-likeness (QED) is 0.562. The van der Waals surface area contributed by atoms with E-state index in [9.17, 15) is 20.0 Å². The van der Waals surface area contributed by atoms with Crippen LogP contribution in [0.5, 0.6) is 0 Å². The van der Waals surface area contributed by atoms with Gasteiger partial charge in [-0.15, -0.1) is 0 Å². The first-order valence-electron chi connectivity index (χ1n) is 7.34. The number of benzene rings is 1. The molecular weight excluding hydrogens is 312 g/mol. The summed E-state index contributed by atoms with van der Waals surface area (Å²) in [6.45, 7) is 0. The van der Waals surface area contributed by atoms with E-state index in [1.807, 2.05) is 0 Å². The zero-order valence-corrected chi connectivity index (χ0v) is 12.4. The van der Waals surface area contributed by atoms with Crippen LogP contribution < -0.4 is 0 Å². The van der Waals surface area contributed by atoms with E-state index in [1.165, 1.54) is 12.1 Å². The maximum Gasteiger partial charge on any atom is 0.315 e. The maximum atomic E-state index is 11.6. The van der Waals surface area contributed by atoms with Gasteiger partial charge in [0.25, 0.3) is 5.69 Å². The molecular formula is C16H12N4O4. The van der Waals surface area contributed by atoms with Crippen molar-refractivity contribution in [3.05, 3.63) is 52.3 Å². The standard InChI is InChI=1S/C16H12N4O4/c21-15(22)16(5-6-16)13-7-11(12-8-17-19-14(12)18-13)9-1-3-10(4-2-9)20(23)24/h1-4,7-8H,5-6H2,(H,21,22)(H,17,18,19). The predicted octanol–water partition coefficient (Wildman–Crippen LogP) is 2.65. The predicted molar refractivity (Wildman–Crippen MR) is 84.5 cm³/mol. The van der Waals surface area contributed by atoms with Crippen LogP contribution in [-0.4, -0.2) is 31.2 Å². The molecule has 1 aliphatic carbocycles. The summed E-state index contributed by atoms with van der Waals surface area (Å²) >= 11 is 0. The number of hydrogen-bond donors (Lipinski definition) is 2. The number of pyridine rings is 1. The van der Waals surface area contributed by atoms with Crippen LogP contribution >= 0.6 is 0 Å². The lowest BCUT2D eigenvalue weighted by molar-refractivity contribution is -0.384. The molecule has 1 fully saturated rings. The highest BCUT2D eigenvalue weighted by atomic mass is 16.6. The lowest BCUT2D eigenvalue weighted by atomic mass is 9.96. The van der Waals surface area contributed by atoms with Gasteiger partial charge in [0.2, 0.25) is 0 Å². The van der Waals surface area contributed by atoms with Crippen LogP contribution in [0.2, 0.25) is 0 Å². The summed E-state index contributed by atoms with van der Waals surface area (Å²) in [5.41, 5.74) is 1.56. The highest BCUT2D eigenvalue weighted by molar-refractivity contribution is 5.94. The number of non-ortho nitro benzene ring substituents is 1. The molecule has 0 unspecified atom stereocenters. The van der Waals surface area contributed by atoms with Gasteiger partial charge in [-0.25, -0.2) is 4.98 Å². The number of nitrogens with one attached hydrogen (secondary N) is 1. The molecule has 8 heteroatoms. The van der Waals surface area contributed by atoms with E-state index in [2.05, 4.69) is 15.2 Å². The second-order valence-electron chi connectivity index (χ2n) is 5.88. The Kier molecular flexibility index (Phi) is 2.89. The third kappa shape index (κ3) is 2.03. The van der Waals surface area contributed by atoms with Crippen molar-refractivity contribution in [2.45, 2.75) is 18.3 Å². The van der Waals surface area contributed by atoms with Gasteiger partial charge in [0, 0.05) is 17.5 Å². The van der Waals surface area contributed by atoms with Crippen LogP contribution in [0.25, 0.3) is 22.2 Å². The molecule has 2 aromatic heterocycles. The Bertz CT molecular complexity index is 973. The van der Waals surface area contributed by atoms with Crippen molar-refractivity contribution in [2.24, 2.45) is 0 Å². The summed E-state index contributed by atoms with van der Waals surface area (Å²) in [5, 5.41) is 27.8. The summed E-state index contributed by atoms with van der Waals surface area (Å²) < 4.78 is 0. The van der Waals surface area contributed by atoms with E-state index in [0.29, 0.717) is 24.2 Å². The number of nitro benzene ring substituents is 1. The van der Waals surface area contributed by atoms with E-state index in [4.69, 9.17) is 0 Å². The third-order valence-electron chi connectivity index (χ3n) is 4.46. The normalized spacial score (nSPS) is 15.3. The Morgan fingerprint density at radius 1 is 1.29 bits per heavy atom. The Balaban J connectivity index is 1.89. The largest absolute Gasteiger partial charge is 0.481 e. The molecule has 0 amide bonds. The van der Waals surface area contributed by atoms with E-state index in [-0.39, 0.29) is 5.69 Å². The van der Waals surface area contributed by atoms with Crippen LogP contribution in [-0.2, 0) is 10.2 Å². The van der Waals surface area contributed by atoms with Gasteiger partial charge in [-0.05, 0) is 42.2 Å². The fourth-order valence-electron chi connectivity index (χ4n) is 2.88. The lowest BCUT2D eigenvalue weighted by Crippen LogP contribution is -2.21. The van der Waals surface area contributed by atoms with Crippen LogP contribution in [0.4, 0.5) is 5.69 Å². The highest BCUT2D eigenvalue weighted by Crippen LogP contribution is 2.49. The molecule has 2 N–H and O–H groups in total. The lowest BCUT2D eigenvalue weighted by Gasteiger charge is -2.12. The fourth-order valence-corrected chi connectivity index (χ4v) is 2.88. The number of rotatable bonds is 4. The molecule has 1 aliphatic rings. The molecule has 4 rings (SSSR count). The minimum absolute atomic E-state index is 0.000617. The Morgan fingerprint density at radius 3 is 2.58 bits per heavy atom. The third-order valence-corrected chi connectivity index (χ3v) is 4.46. The average molecular weight is 324 g/mol. The van der Waals surface area contributed by atoms with Crippen molar-refractivity contribution in [3.8, 4) is 11.1 Å². The zero-order chi connectivity index (χ0) is 16.9. The molecule has 1 saturated carbocycles. The minimum atomic E-state index is -0.936. The van der Waals surface area contributed by atoms with E-state index in [0.717, 1.165) is 16.5 Å². The number of hydrogen-bond acceptors (Lipinski definition) is 5. The van der Waals surface area contributed by atoms with Gasteiger partial charge in [0.05, 0.1) is 16.8 Å². The monoisotopic (exact) mass is 324 g/mol. The first-order valence-corrected chi connectivity index (χ1v) is 7.34. The van der Waals surface area contributed by atoms with Crippen LogP contribution in [0, 0.1) is 10.1 Å². The van der Waals surface area contributed by atoms with E-state index in [1.54, 1.807) is 24.4 Å². The molecule has 0 atom stereocenters. The van der Waals surface area contributed by atoms with Gasteiger partial charge in [0.1, 0.15) is 5.41 Å². The second kappa shape index (κ2) is 4.85. The number of carbonyl (C=O) groups is 1. The summed E-state index contributed by atoms with van der Waals surface area (Å²) in [7, 11) is 0. The highest BCUT2D eigenvalue weighted by Gasteiger charge is 2.53. The molecule has 120 valence electrons. The van der Waals surface area contributed by atoms with Crippen molar-refractivity contribution in [2.75, 3.05) is 0 Å². The van der Waals surface area contributed by atoms with Crippen LogP contribution in [0.1, 0.15) is 18.5 Å². The van der Waals surface area contributed by atoms with Gasteiger partial charge in [-0.1, -0.05) is 0 Å². The molecule has 0 bridgehead atoms. The van der Waals surface area contributed by atoms with Crippen molar-refractivity contribution < 1.29 is 14.8 Å². The summed E-state index contributed by atoms with van der Waals surface area (Å²) in [5.74, 6) is -0.886. The summed E-state index contributed by atoms with van der Waals surface area (Å²) in [4.78, 5) is 26.3. The first kappa shape index (κ1) is 14.3. The van der Waals surface area contributed by atoms with Gasteiger partial charge in [-0.2, -0.15) is 5.10 Å². The number of nitrogens with zero attached hydrogens (tertiary/aromatic N) is 3. The van der Waals surface area contributed by atoms with Crippen molar-refractivity contribution >= 4 is 22.7 Å². The average Bonchev–Trinajstić information content (AvgIpc) is 3.26. The smallest absolute Gasteiger partial charge is 0.315 e. The summed E-state index contributed by atoms with van der Waals surface area (Å²) in [6.07, 6.45) is 2.71. The van der Waals surface area contributed by atoms with Crippen LogP contribution in [0.15, 0.2) is 36.5 Å². The molecule has 2 heterocycles. The molecule has 24 heavy (non-hydrogen) atoms. The number of H-pyrrole nitrogens is 1. The number of fused-ring (bicyclic) bond motifs is 1. The minimum Gasteiger partial charge on any atom is -0.481 e. The maximum absolute atomic E-state index is 11.6. The number of nitro groups is 1. The van der Waals surface area contributed by atoms with Crippen molar-refractivity contribution in [1.29, 1.82) is 0 Å². The molecule has 8 nitrogen and oxygen atoms in total. The number of carboxylic acid groups (broad SMARTS) is 1. The Hall–Kier alpha value is -3.29. The number of aliphatic carboxylic acids is 1. The van der Waals surface area contributed by atoms with Gasteiger partial charge < -0.3 is 5.11 Å².